The number of carbonyl (C=O) groups is 2. The van der Waals surface area contributed by atoms with Gasteiger partial charge in [-0.25, -0.2) is 4.98 Å². The van der Waals surface area contributed by atoms with Crippen LogP contribution in [-0.2, 0) is 9.53 Å². The molecule has 1 aliphatic heterocycles. The molecule has 1 fully saturated rings. The van der Waals surface area contributed by atoms with E-state index in [1.54, 1.807) is 4.90 Å². The molecule has 0 spiro atoms. The van der Waals surface area contributed by atoms with Gasteiger partial charge in [-0.15, -0.1) is 0 Å². The molecular weight excluding hydrogens is 270 g/mol. The number of esters is 1. The van der Waals surface area contributed by atoms with Crippen LogP contribution >= 0.6 is 11.6 Å². The lowest BCUT2D eigenvalue weighted by molar-refractivity contribution is -0.146. The number of hydrogen-bond acceptors (Lipinski definition) is 5. The lowest BCUT2D eigenvalue weighted by Crippen LogP contribution is -2.43. The summed E-state index contributed by atoms with van der Waals surface area (Å²) in [6.45, 7) is 0.945. The van der Waals surface area contributed by atoms with Gasteiger partial charge in [0.05, 0.1) is 25.4 Å². The van der Waals surface area contributed by atoms with Crippen molar-refractivity contribution in [1.82, 2.24) is 14.9 Å². The Morgan fingerprint density at radius 1 is 1.47 bits per heavy atom. The molecule has 2 rings (SSSR count). The number of ether oxygens (including phenoxy) is 1. The third-order valence-corrected chi connectivity index (χ3v) is 3.25. The monoisotopic (exact) mass is 283 g/mol. The first-order valence-corrected chi connectivity index (χ1v) is 6.34. The Balaban J connectivity index is 2.09. The minimum atomic E-state index is -0.283. The van der Waals surface area contributed by atoms with Gasteiger partial charge >= 0.3 is 5.97 Å². The Morgan fingerprint density at radius 2 is 2.26 bits per heavy atom. The summed E-state index contributed by atoms with van der Waals surface area (Å²) in [6.07, 6.45) is 4.24. The lowest BCUT2D eigenvalue weighted by atomic mass is 9.98. The summed E-state index contributed by atoms with van der Waals surface area (Å²) < 4.78 is 4.72. The molecule has 7 heteroatoms. The van der Waals surface area contributed by atoms with Crippen LogP contribution in [0.4, 0.5) is 0 Å². The molecule has 102 valence electrons. The molecule has 19 heavy (non-hydrogen) atoms. The number of halogens is 1. The average Bonchev–Trinajstić information content (AvgIpc) is 2.45. The van der Waals surface area contributed by atoms with Crippen molar-refractivity contribution >= 4 is 23.5 Å². The minimum absolute atomic E-state index is 0.173. The van der Waals surface area contributed by atoms with Gasteiger partial charge in [0.25, 0.3) is 5.91 Å². The van der Waals surface area contributed by atoms with E-state index in [9.17, 15) is 9.59 Å². The Morgan fingerprint density at radius 3 is 2.95 bits per heavy atom. The summed E-state index contributed by atoms with van der Waals surface area (Å²) in [5.41, 5.74) is 0.193. The third-order valence-electron chi connectivity index (χ3n) is 3.07. The largest absolute Gasteiger partial charge is 0.469 e. The highest BCUT2D eigenvalue weighted by atomic mass is 35.5. The first-order valence-electron chi connectivity index (χ1n) is 5.96. The predicted molar refractivity (Wildman–Crippen MR) is 67.7 cm³/mol. The van der Waals surface area contributed by atoms with Crippen molar-refractivity contribution in [2.45, 2.75) is 12.8 Å². The van der Waals surface area contributed by atoms with Crippen molar-refractivity contribution < 1.29 is 14.3 Å². The van der Waals surface area contributed by atoms with Gasteiger partial charge in [0.15, 0.2) is 0 Å². The highest BCUT2D eigenvalue weighted by molar-refractivity contribution is 6.29. The molecule has 0 N–H and O–H groups in total. The van der Waals surface area contributed by atoms with Gasteiger partial charge in [-0.1, -0.05) is 11.6 Å². The second-order valence-corrected chi connectivity index (χ2v) is 4.73. The summed E-state index contributed by atoms with van der Waals surface area (Å²) in [5.74, 6) is -0.812. The molecule has 6 nitrogen and oxygen atoms in total. The van der Waals surface area contributed by atoms with E-state index in [2.05, 4.69) is 9.97 Å². The maximum Gasteiger partial charge on any atom is 0.310 e. The van der Waals surface area contributed by atoms with E-state index in [1.807, 2.05) is 0 Å². The summed E-state index contributed by atoms with van der Waals surface area (Å²) in [4.78, 5) is 33.1. The smallest absolute Gasteiger partial charge is 0.310 e. The quantitative estimate of drug-likeness (QED) is 0.762. The highest BCUT2D eigenvalue weighted by Gasteiger charge is 2.30. The minimum Gasteiger partial charge on any atom is -0.469 e. The van der Waals surface area contributed by atoms with Crippen LogP contribution in [0.25, 0.3) is 0 Å². The number of aromatic nitrogens is 2. The Kier molecular flexibility index (Phi) is 4.31. The van der Waals surface area contributed by atoms with Crippen LogP contribution in [0.3, 0.4) is 0 Å². The molecule has 1 aliphatic rings. The SMILES string of the molecule is COC(=O)[C@H]1CCCN(C(=O)c2cncc(Cl)n2)C1. The second kappa shape index (κ2) is 5.97. The zero-order valence-corrected chi connectivity index (χ0v) is 11.3. The number of piperidine rings is 1. The van der Waals surface area contributed by atoms with Crippen LogP contribution in [0.2, 0.25) is 5.15 Å². The maximum atomic E-state index is 12.2. The number of likely N-dealkylation sites (tertiary alicyclic amines) is 1. The average molecular weight is 284 g/mol. The van der Waals surface area contributed by atoms with Crippen molar-refractivity contribution in [3.05, 3.63) is 23.2 Å². The summed E-state index contributed by atoms with van der Waals surface area (Å²) in [6, 6.07) is 0. The van der Waals surface area contributed by atoms with Crippen molar-refractivity contribution in [3.8, 4) is 0 Å². The first-order chi connectivity index (χ1) is 9.11. The molecule has 0 aliphatic carbocycles. The van der Waals surface area contributed by atoms with Crippen molar-refractivity contribution in [2.75, 3.05) is 20.2 Å². The number of amides is 1. The van der Waals surface area contributed by atoms with Crippen molar-refractivity contribution in [3.63, 3.8) is 0 Å². The van der Waals surface area contributed by atoms with Crippen molar-refractivity contribution in [2.24, 2.45) is 5.92 Å². The van der Waals surface area contributed by atoms with Crippen LogP contribution in [0.5, 0.6) is 0 Å². The van der Waals surface area contributed by atoms with E-state index in [0.717, 1.165) is 12.8 Å². The zero-order chi connectivity index (χ0) is 13.8. The van der Waals surface area contributed by atoms with Crippen LogP contribution in [0.15, 0.2) is 12.4 Å². The zero-order valence-electron chi connectivity index (χ0n) is 10.5. The Bertz CT molecular complexity index is 495. The lowest BCUT2D eigenvalue weighted by Gasteiger charge is -2.31. The predicted octanol–water partition coefficient (Wildman–Crippen LogP) is 1.16. The number of nitrogens with zero attached hydrogens (tertiary/aromatic N) is 3. The van der Waals surface area contributed by atoms with Crippen LogP contribution in [0.1, 0.15) is 23.3 Å². The summed E-state index contributed by atoms with van der Waals surface area (Å²) >= 11 is 5.71. The fourth-order valence-corrected chi connectivity index (χ4v) is 2.28. The van der Waals surface area contributed by atoms with E-state index in [4.69, 9.17) is 16.3 Å². The van der Waals surface area contributed by atoms with E-state index in [-0.39, 0.29) is 28.6 Å². The third kappa shape index (κ3) is 3.20. The first kappa shape index (κ1) is 13.7. The molecular formula is C12H14ClN3O3. The van der Waals surface area contributed by atoms with Gasteiger partial charge in [-0.3, -0.25) is 14.6 Å². The number of hydrogen-bond donors (Lipinski definition) is 0. The standard InChI is InChI=1S/C12H14ClN3O3/c1-19-12(18)8-3-2-4-16(7-8)11(17)9-5-14-6-10(13)15-9/h5-6,8H,2-4,7H2,1H3/t8-/m0/s1. The van der Waals surface area contributed by atoms with Gasteiger partial charge < -0.3 is 9.64 Å². The van der Waals surface area contributed by atoms with Crippen LogP contribution < -0.4 is 0 Å². The van der Waals surface area contributed by atoms with E-state index in [0.29, 0.717) is 13.1 Å². The van der Waals surface area contributed by atoms with Gasteiger partial charge in [-0.05, 0) is 12.8 Å². The topological polar surface area (TPSA) is 72.4 Å². The molecule has 1 aromatic rings. The molecule has 0 radical (unpaired) electrons. The highest BCUT2D eigenvalue weighted by Crippen LogP contribution is 2.19. The normalized spacial score (nSPS) is 19.1. The van der Waals surface area contributed by atoms with Gasteiger partial charge in [0.1, 0.15) is 10.8 Å². The van der Waals surface area contributed by atoms with Crippen molar-refractivity contribution in [1.29, 1.82) is 0 Å². The molecule has 0 saturated carbocycles. The molecule has 1 amide bonds. The summed E-state index contributed by atoms with van der Waals surface area (Å²) in [5, 5.41) is 0.173. The van der Waals surface area contributed by atoms with Gasteiger partial charge in [0, 0.05) is 13.1 Å². The van der Waals surface area contributed by atoms with Gasteiger partial charge in [0.2, 0.25) is 0 Å². The fourth-order valence-electron chi connectivity index (χ4n) is 2.13. The van der Waals surface area contributed by atoms with E-state index >= 15 is 0 Å². The van der Waals surface area contributed by atoms with Crippen LogP contribution in [0, 0.1) is 5.92 Å². The molecule has 1 aromatic heterocycles. The Hall–Kier alpha value is -1.69. The summed E-state index contributed by atoms with van der Waals surface area (Å²) in [7, 11) is 1.35. The Labute approximate surface area is 115 Å². The molecule has 1 saturated heterocycles. The fraction of sp³-hybridized carbons (Fsp3) is 0.500. The molecule has 1 atom stereocenters. The second-order valence-electron chi connectivity index (χ2n) is 4.34. The molecule has 0 aromatic carbocycles. The molecule has 0 bridgehead atoms. The van der Waals surface area contributed by atoms with E-state index in [1.165, 1.54) is 19.5 Å². The molecule has 0 unspecified atom stereocenters. The molecule has 2 heterocycles. The van der Waals surface area contributed by atoms with E-state index < -0.39 is 0 Å². The number of methoxy groups -OCH3 is 1. The number of rotatable bonds is 2. The maximum absolute atomic E-state index is 12.2. The van der Waals surface area contributed by atoms with Gasteiger partial charge in [-0.2, -0.15) is 0 Å². The number of carbonyl (C=O) groups excluding carboxylic acids is 2. The van der Waals surface area contributed by atoms with Crippen LogP contribution in [-0.4, -0.2) is 46.9 Å².